The third kappa shape index (κ3) is 2.45. The van der Waals surface area contributed by atoms with Gasteiger partial charge in [0.05, 0.1) is 11.8 Å². The fourth-order valence-electron chi connectivity index (χ4n) is 2.31. The molecular weight excluding hydrogens is 308 g/mol. The Morgan fingerprint density at radius 3 is 2.83 bits per heavy atom. The van der Waals surface area contributed by atoms with Gasteiger partial charge in [-0.15, -0.1) is 5.10 Å². The summed E-state index contributed by atoms with van der Waals surface area (Å²) < 4.78 is 3.33. The summed E-state index contributed by atoms with van der Waals surface area (Å²) in [4.78, 5) is 20.5. The van der Waals surface area contributed by atoms with Crippen molar-refractivity contribution >= 4 is 17.4 Å². The number of imidazole rings is 2. The van der Waals surface area contributed by atoms with Crippen LogP contribution in [0.4, 0.5) is 5.82 Å². The molecule has 0 saturated heterocycles. The van der Waals surface area contributed by atoms with Crippen molar-refractivity contribution in [3.8, 4) is 11.6 Å². The molecule has 3 aromatic heterocycles. The van der Waals surface area contributed by atoms with Crippen molar-refractivity contribution in [3.05, 3.63) is 66.9 Å². The smallest absolute Gasteiger partial charge is 0.260 e. The monoisotopic (exact) mass is 320 g/mol. The van der Waals surface area contributed by atoms with E-state index in [0.29, 0.717) is 17.3 Å². The predicted octanol–water partition coefficient (Wildman–Crippen LogP) is 1.87. The topological polar surface area (TPSA) is 97.3 Å². The van der Waals surface area contributed by atoms with Gasteiger partial charge in [0.1, 0.15) is 12.1 Å². The molecule has 0 spiro atoms. The summed E-state index contributed by atoms with van der Waals surface area (Å²) in [5.74, 6) is 0.500. The number of phenolic OH excluding ortho intramolecular Hbond substituents is 1. The number of para-hydroxylation sites is 1. The Labute approximate surface area is 136 Å². The number of carbonyl (C=O) groups is 1. The number of hydrogen-bond donors (Lipinski definition) is 2. The van der Waals surface area contributed by atoms with Crippen LogP contribution in [0.1, 0.15) is 10.4 Å². The van der Waals surface area contributed by atoms with E-state index in [1.165, 1.54) is 12.1 Å². The summed E-state index contributed by atoms with van der Waals surface area (Å²) in [7, 11) is 0. The highest BCUT2D eigenvalue weighted by molar-refractivity contribution is 6.05. The molecular formula is C16H12N6O2. The minimum atomic E-state index is -0.439. The highest BCUT2D eigenvalue weighted by Gasteiger charge is 2.13. The van der Waals surface area contributed by atoms with Crippen LogP contribution in [0.15, 0.2) is 61.3 Å². The molecule has 8 nitrogen and oxygen atoms in total. The molecule has 4 rings (SSSR count). The molecule has 0 aliphatic rings. The molecule has 2 N–H and O–H groups in total. The Kier molecular flexibility index (Phi) is 3.20. The Morgan fingerprint density at radius 2 is 2.04 bits per heavy atom. The lowest BCUT2D eigenvalue weighted by Crippen LogP contribution is -2.12. The van der Waals surface area contributed by atoms with Gasteiger partial charge in [-0.1, -0.05) is 12.1 Å². The number of hydrogen-bond acceptors (Lipinski definition) is 5. The molecule has 118 valence electrons. The lowest BCUT2D eigenvalue weighted by atomic mass is 10.2. The van der Waals surface area contributed by atoms with E-state index >= 15 is 0 Å². The van der Waals surface area contributed by atoms with Gasteiger partial charge in [0, 0.05) is 12.4 Å². The van der Waals surface area contributed by atoms with Crippen LogP contribution in [-0.2, 0) is 0 Å². The lowest BCUT2D eigenvalue weighted by Gasteiger charge is -2.03. The van der Waals surface area contributed by atoms with Crippen molar-refractivity contribution in [2.45, 2.75) is 0 Å². The van der Waals surface area contributed by atoms with Gasteiger partial charge in [-0.05, 0) is 24.3 Å². The van der Waals surface area contributed by atoms with Crippen molar-refractivity contribution in [3.63, 3.8) is 0 Å². The quantitative estimate of drug-likeness (QED) is 0.600. The predicted molar refractivity (Wildman–Crippen MR) is 86.2 cm³/mol. The van der Waals surface area contributed by atoms with Gasteiger partial charge in [0.15, 0.2) is 17.3 Å². The van der Waals surface area contributed by atoms with Gasteiger partial charge in [-0.25, -0.2) is 14.5 Å². The van der Waals surface area contributed by atoms with E-state index in [2.05, 4.69) is 20.4 Å². The van der Waals surface area contributed by atoms with Gasteiger partial charge in [0.2, 0.25) is 0 Å². The normalized spacial score (nSPS) is 10.8. The first-order valence-corrected chi connectivity index (χ1v) is 7.15. The number of nitrogens with one attached hydrogen (secondary N) is 1. The van der Waals surface area contributed by atoms with Crippen LogP contribution < -0.4 is 5.32 Å². The maximum absolute atomic E-state index is 12.2. The second-order valence-electron chi connectivity index (χ2n) is 5.06. The van der Waals surface area contributed by atoms with E-state index < -0.39 is 5.91 Å². The molecule has 1 aromatic carbocycles. The fourth-order valence-corrected chi connectivity index (χ4v) is 2.31. The zero-order chi connectivity index (χ0) is 16.5. The number of aromatic nitrogens is 5. The number of benzene rings is 1. The van der Waals surface area contributed by atoms with Crippen LogP contribution in [0.25, 0.3) is 11.5 Å². The summed E-state index contributed by atoms with van der Waals surface area (Å²) in [6, 6.07) is 9.92. The molecule has 8 heteroatoms. The summed E-state index contributed by atoms with van der Waals surface area (Å²) in [6.07, 6.45) is 6.70. The second-order valence-corrected chi connectivity index (χ2v) is 5.06. The molecule has 0 atom stereocenters. The van der Waals surface area contributed by atoms with Crippen LogP contribution in [0.5, 0.6) is 5.75 Å². The van der Waals surface area contributed by atoms with E-state index in [9.17, 15) is 9.90 Å². The van der Waals surface area contributed by atoms with Crippen molar-refractivity contribution in [1.82, 2.24) is 24.1 Å². The third-order valence-electron chi connectivity index (χ3n) is 3.47. The molecule has 0 unspecified atom stereocenters. The Bertz CT molecular complexity index is 1020. The minimum Gasteiger partial charge on any atom is -0.507 e. The first-order chi connectivity index (χ1) is 11.7. The first kappa shape index (κ1) is 13.9. The number of aromatic hydroxyl groups is 1. The SMILES string of the molecule is O=C(Nc1cn2nc(-n3ccnc3)ccc2n1)c1ccccc1O. The van der Waals surface area contributed by atoms with Gasteiger partial charge in [0.25, 0.3) is 5.91 Å². The van der Waals surface area contributed by atoms with Crippen LogP contribution in [-0.4, -0.2) is 35.2 Å². The minimum absolute atomic E-state index is 0.0840. The van der Waals surface area contributed by atoms with E-state index in [0.717, 1.165) is 0 Å². The summed E-state index contributed by atoms with van der Waals surface area (Å²) >= 11 is 0. The number of fused-ring (bicyclic) bond motifs is 1. The summed E-state index contributed by atoms with van der Waals surface area (Å²) in [5, 5.41) is 16.8. The standard InChI is InChI=1S/C16H12N6O2/c23-12-4-2-1-3-11(12)16(24)19-13-9-22-14(18-13)5-6-15(20-22)21-8-7-17-10-21/h1-10,23H,(H,19,24). The van der Waals surface area contributed by atoms with Gasteiger partial charge < -0.3 is 10.4 Å². The Morgan fingerprint density at radius 1 is 1.17 bits per heavy atom. The van der Waals surface area contributed by atoms with Gasteiger partial charge in [-0.3, -0.25) is 9.36 Å². The van der Waals surface area contributed by atoms with Gasteiger partial charge in [-0.2, -0.15) is 0 Å². The van der Waals surface area contributed by atoms with Crippen molar-refractivity contribution < 1.29 is 9.90 Å². The maximum Gasteiger partial charge on any atom is 0.260 e. The molecule has 3 heterocycles. The van der Waals surface area contributed by atoms with E-state index in [-0.39, 0.29) is 11.3 Å². The average molecular weight is 320 g/mol. The molecule has 0 aliphatic carbocycles. The summed E-state index contributed by atoms with van der Waals surface area (Å²) in [5.41, 5.74) is 0.771. The van der Waals surface area contributed by atoms with E-state index in [1.54, 1.807) is 58.3 Å². The molecule has 0 bridgehead atoms. The molecule has 0 radical (unpaired) electrons. The van der Waals surface area contributed by atoms with Gasteiger partial charge >= 0.3 is 0 Å². The number of amides is 1. The number of rotatable bonds is 3. The number of carbonyl (C=O) groups excluding carboxylic acids is 1. The number of nitrogens with zero attached hydrogens (tertiary/aromatic N) is 5. The maximum atomic E-state index is 12.2. The average Bonchev–Trinajstić information content (AvgIpc) is 3.23. The van der Waals surface area contributed by atoms with Crippen LogP contribution >= 0.6 is 0 Å². The molecule has 0 saturated carbocycles. The summed E-state index contributed by atoms with van der Waals surface area (Å²) in [6.45, 7) is 0. The zero-order valence-electron chi connectivity index (χ0n) is 12.4. The highest BCUT2D eigenvalue weighted by atomic mass is 16.3. The molecule has 4 aromatic rings. The van der Waals surface area contributed by atoms with E-state index in [1.807, 2.05) is 0 Å². The fraction of sp³-hybridized carbons (Fsp3) is 0. The third-order valence-corrected chi connectivity index (χ3v) is 3.47. The lowest BCUT2D eigenvalue weighted by molar-refractivity contribution is 0.102. The van der Waals surface area contributed by atoms with Crippen molar-refractivity contribution in [2.75, 3.05) is 5.32 Å². The number of anilines is 1. The Hall–Kier alpha value is -3.68. The van der Waals surface area contributed by atoms with Crippen LogP contribution in [0.2, 0.25) is 0 Å². The first-order valence-electron chi connectivity index (χ1n) is 7.15. The highest BCUT2D eigenvalue weighted by Crippen LogP contribution is 2.18. The largest absolute Gasteiger partial charge is 0.507 e. The van der Waals surface area contributed by atoms with Crippen LogP contribution in [0.3, 0.4) is 0 Å². The second kappa shape index (κ2) is 5.51. The van der Waals surface area contributed by atoms with Crippen LogP contribution in [0, 0.1) is 0 Å². The molecule has 24 heavy (non-hydrogen) atoms. The van der Waals surface area contributed by atoms with E-state index in [4.69, 9.17) is 0 Å². The zero-order valence-corrected chi connectivity index (χ0v) is 12.4. The Balaban J connectivity index is 1.63. The number of phenols is 1. The molecule has 0 fully saturated rings. The molecule has 0 aliphatic heterocycles. The van der Waals surface area contributed by atoms with Crippen molar-refractivity contribution in [1.29, 1.82) is 0 Å². The molecule has 1 amide bonds. The van der Waals surface area contributed by atoms with Crippen molar-refractivity contribution in [2.24, 2.45) is 0 Å².